The first kappa shape index (κ1) is 16.3. The molecule has 0 radical (unpaired) electrons. The smallest absolute Gasteiger partial charge is 0.191 e. The number of nitrogens with one attached hydrogen (secondary N) is 2. The summed E-state index contributed by atoms with van der Waals surface area (Å²) in [5.74, 6) is 0.285. The number of benzene rings is 1. The highest BCUT2D eigenvalue weighted by Crippen LogP contribution is 2.15. The molecule has 0 saturated carbocycles. The highest BCUT2D eigenvalue weighted by atomic mass is 35.5. The van der Waals surface area contributed by atoms with Gasteiger partial charge in [0.2, 0.25) is 0 Å². The molecule has 0 aliphatic carbocycles. The highest BCUT2D eigenvalue weighted by molar-refractivity contribution is 6.30. The molecular weight excluding hydrogens is 305 g/mol. The second-order valence-electron chi connectivity index (χ2n) is 4.72. The number of halogens is 2. The molecule has 1 aromatic heterocycles. The standard InChI is InChI=1S/C15H19ClFN5/c1-18-15(19-6-2-8-22-9-3-7-21-22)20-11-12-4-5-14(17)13(16)10-12/h3-5,7,9-10H,2,6,8,11H2,1H3,(H2,18,19,20). The van der Waals surface area contributed by atoms with E-state index in [4.69, 9.17) is 11.6 Å². The van der Waals surface area contributed by atoms with Crippen LogP contribution in [0.15, 0.2) is 41.7 Å². The lowest BCUT2D eigenvalue weighted by atomic mass is 10.2. The van der Waals surface area contributed by atoms with Crippen LogP contribution in [0.2, 0.25) is 5.02 Å². The zero-order valence-electron chi connectivity index (χ0n) is 12.4. The number of hydrogen-bond acceptors (Lipinski definition) is 2. The van der Waals surface area contributed by atoms with Crippen molar-refractivity contribution in [3.63, 3.8) is 0 Å². The summed E-state index contributed by atoms with van der Waals surface area (Å²) in [5, 5.41) is 10.7. The first-order valence-electron chi connectivity index (χ1n) is 7.05. The van der Waals surface area contributed by atoms with E-state index in [1.807, 2.05) is 16.9 Å². The lowest BCUT2D eigenvalue weighted by Gasteiger charge is -2.12. The lowest BCUT2D eigenvalue weighted by molar-refractivity contribution is 0.570. The number of aryl methyl sites for hydroxylation is 1. The molecule has 5 nitrogen and oxygen atoms in total. The normalized spacial score (nSPS) is 11.5. The van der Waals surface area contributed by atoms with Crippen molar-refractivity contribution in [2.75, 3.05) is 13.6 Å². The van der Waals surface area contributed by atoms with Crippen LogP contribution >= 0.6 is 11.6 Å². The van der Waals surface area contributed by atoms with E-state index >= 15 is 0 Å². The Hall–Kier alpha value is -2.08. The zero-order valence-corrected chi connectivity index (χ0v) is 13.1. The third-order valence-corrected chi connectivity index (χ3v) is 3.37. The van der Waals surface area contributed by atoms with Gasteiger partial charge in [-0.05, 0) is 30.2 Å². The van der Waals surface area contributed by atoms with Crippen molar-refractivity contribution in [2.24, 2.45) is 4.99 Å². The van der Waals surface area contributed by atoms with Crippen LogP contribution in [0.5, 0.6) is 0 Å². The van der Waals surface area contributed by atoms with E-state index < -0.39 is 5.82 Å². The topological polar surface area (TPSA) is 54.2 Å². The van der Waals surface area contributed by atoms with Crippen molar-refractivity contribution >= 4 is 17.6 Å². The molecule has 0 aliphatic rings. The molecule has 7 heteroatoms. The molecule has 0 amide bonds. The molecular formula is C15H19ClFN5. The number of guanidine groups is 1. The van der Waals surface area contributed by atoms with Gasteiger partial charge in [-0.3, -0.25) is 9.67 Å². The molecule has 2 rings (SSSR count). The van der Waals surface area contributed by atoms with Gasteiger partial charge in [0.05, 0.1) is 5.02 Å². The maximum atomic E-state index is 13.1. The SMILES string of the molecule is CN=C(NCCCn1cccn1)NCc1ccc(F)c(Cl)c1. The Morgan fingerprint density at radius 3 is 2.95 bits per heavy atom. The van der Waals surface area contributed by atoms with Crippen molar-refractivity contribution in [3.05, 3.63) is 53.1 Å². The van der Waals surface area contributed by atoms with Crippen LogP contribution in [-0.2, 0) is 13.1 Å². The van der Waals surface area contributed by atoms with Crippen molar-refractivity contribution in [1.82, 2.24) is 20.4 Å². The molecule has 1 heterocycles. The van der Waals surface area contributed by atoms with Crippen LogP contribution in [0.25, 0.3) is 0 Å². The van der Waals surface area contributed by atoms with Crippen molar-refractivity contribution in [2.45, 2.75) is 19.5 Å². The van der Waals surface area contributed by atoms with Crippen molar-refractivity contribution < 1.29 is 4.39 Å². The molecule has 118 valence electrons. The van der Waals surface area contributed by atoms with Crippen molar-refractivity contribution in [3.8, 4) is 0 Å². The van der Waals surface area contributed by atoms with E-state index in [1.165, 1.54) is 6.07 Å². The van der Waals surface area contributed by atoms with Crippen LogP contribution in [-0.4, -0.2) is 29.3 Å². The van der Waals surface area contributed by atoms with E-state index in [1.54, 1.807) is 25.4 Å². The fraction of sp³-hybridized carbons (Fsp3) is 0.333. The number of aliphatic imine (C=N–C) groups is 1. The predicted octanol–water partition coefficient (Wildman–Crippen LogP) is 2.43. The maximum Gasteiger partial charge on any atom is 0.191 e. The van der Waals surface area contributed by atoms with Gasteiger partial charge in [-0.25, -0.2) is 4.39 Å². The van der Waals surface area contributed by atoms with Gasteiger partial charge < -0.3 is 10.6 Å². The Bertz CT molecular complexity index is 612. The molecule has 0 bridgehead atoms. The summed E-state index contributed by atoms with van der Waals surface area (Å²) in [4.78, 5) is 4.14. The van der Waals surface area contributed by atoms with Gasteiger partial charge in [-0.2, -0.15) is 5.10 Å². The minimum absolute atomic E-state index is 0.126. The van der Waals surface area contributed by atoms with E-state index in [0.717, 1.165) is 25.1 Å². The van der Waals surface area contributed by atoms with Gasteiger partial charge in [-0.1, -0.05) is 17.7 Å². The summed E-state index contributed by atoms with van der Waals surface area (Å²) in [5.41, 5.74) is 0.894. The monoisotopic (exact) mass is 323 g/mol. The number of rotatable bonds is 6. The third kappa shape index (κ3) is 5.04. The number of aromatic nitrogens is 2. The van der Waals surface area contributed by atoms with Gasteiger partial charge in [-0.15, -0.1) is 0 Å². The summed E-state index contributed by atoms with van der Waals surface area (Å²) in [6.07, 6.45) is 4.64. The molecule has 0 saturated heterocycles. The van der Waals surface area contributed by atoms with Gasteiger partial charge in [0, 0.05) is 39.1 Å². The fourth-order valence-electron chi connectivity index (χ4n) is 1.94. The summed E-state index contributed by atoms with van der Waals surface area (Å²) in [7, 11) is 1.71. The molecule has 2 aromatic rings. The molecule has 0 atom stereocenters. The minimum Gasteiger partial charge on any atom is -0.356 e. The fourth-order valence-corrected chi connectivity index (χ4v) is 2.14. The summed E-state index contributed by atoms with van der Waals surface area (Å²) in [6, 6.07) is 6.56. The first-order chi connectivity index (χ1) is 10.7. The van der Waals surface area contributed by atoms with Gasteiger partial charge in [0.25, 0.3) is 0 Å². The summed E-state index contributed by atoms with van der Waals surface area (Å²) >= 11 is 5.76. The second-order valence-corrected chi connectivity index (χ2v) is 5.13. The van der Waals surface area contributed by atoms with Gasteiger partial charge >= 0.3 is 0 Å². The molecule has 22 heavy (non-hydrogen) atoms. The Morgan fingerprint density at radius 2 is 2.27 bits per heavy atom. The summed E-state index contributed by atoms with van der Waals surface area (Å²) in [6.45, 7) is 2.16. The number of nitrogens with zero attached hydrogens (tertiary/aromatic N) is 3. The molecule has 0 spiro atoms. The molecule has 0 fully saturated rings. The van der Waals surface area contributed by atoms with E-state index in [-0.39, 0.29) is 5.02 Å². The summed E-state index contributed by atoms with van der Waals surface area (Å²) < 4.78 is 15.0. The minimum atomic E-state index is -0.411. The maximum absolute atomic E-state index is 13.1. The quantitative estimate of drug-likeness (QED) is 0.488. The largest absolute Gasteiger partial charge is 0.356 e. The Morgan fingerprint density at radius 1 is 1.41 bits per heavy atom. The third-order valence-electron chi connectivity index (χ3n) is 3.08. The number of hydrogen-bond donors (Lipinski definition) is 2. The van der Waals surface area contributed by atoms with Crippen molar-refractivity contribution in [1.29, 1.82) is 0 Å². The Labute approximate surface area is 134 Å². The first-order valence-corrected chi connectivity index (χ1v) is 7.42. The van der Waals surface area contributed by atoms with E-state index in [0.29, 0.717) is 12.5 Å². The predicted molar refractivity (Wildman–Crippen MR) is 86.5 cm³/mol. The van der Waals surface area contributed by atoms with Crippen LogP contribution in [0.1, 0.15) is 12.0 Å². The average molecular weight is 324 g/mol. The lowest BCUT2D eigenvalue weighted by Crippen LogP contribution is -2.37. The van der Waals surface area contributed by atoms with Crippen LogP contribution in [0.3, 0.4) is 0 Å². The van der Waals surface area contributed by atoms with Gasteiger partial charge in [0.15, 0.2) is 5.96 Å². The molecule has 0 unspecified atom stereocenters. The van der Waals surface area contributed by atoms with E-state index in [2.05, 4.69) is 20.7 Å². The molecule has 1 aromatic carbocycles. The van der Waals surface area contributed by atoms with Crippen LogP contribution < -0.4 is 10.6 Å². The Balaban J connectivity index is 1.71. The molecule has 2 N–H and O–H groups in total. The zero-order chi connectivity index (χ0) is 15.8. The Kier molecular flexibility index (Phi) is 6.21. The van der Waals surface area contributed by atoms with Gasteiger partial charge in [0.1, 0.15) is 5.82 Å². The second kappa shape index (κ2) is 8.38. The average Bonchev–Trinajstić information content (AvgIpc) is 3.03. The van der Waals surface area contributed by atoms with Crippen LogP contribution in [0.4, 0.5) is 4.39 Å². The highest BCUT2D eigenvalue weighted by Gasteiger charge is 2.02. The molecule has 0 aliphatic heterocycles. The van der Waals surface area contributed by atoms with E-state index in [9.17, 15) is 4.39 Å². The van der Waals surface area contributed by atoms with Crippen LogP contribution in [0, 0.1) is 5.82 Å².